The third-order valence-electron chi connectivity index (χ3n) is 3.68. The van der Waals surface area contributed by atoms with E-state index >= 15 is 0 Å². The average molecular weight is 342 g/mol. The van der Waals surface area contributed by atoms with E-state index in [1.807, 2.05) is 13.2 Å². The van der Waals surface area contributed by atoms with Crippen molar-refractivity contribution in [3.8, 4) is 0 Å². The molecule has 0 aliphatic heterocycles. The van der Waals surface area contributed by atoms with E-state index in [1.165, 1.54) is 17.7 Å². The molecule has 2 aromatic heterocycles. The van der Waals surface area contributed by atoms with Gasteiger partial charge in [-0.05, 0) is 32.7 Å². The van der Waals surface area contributed by atoms with Gasteiger partial charge in [0.15, 0.2) is 5.13 Å². The molecule has 22 heavy (non-hydrogen) atoms. The van der Waals surface area contributed by atoms with E-state index in [4.69, 9.17) is 0 Å². The highest BCUT2D eigenvalue weighted by Gasteiger charge is 2.22. The highest BCUT2D eigenvalue weighted by Crippen LogP contribution is 2.30. The average Bonchev–Trinajstić information content (AvgIpc) is 3.05. The SMILES string of the molecule is CNC(C(=O)Nc1nc2c(s1)CCCC2)c1cnn(C)c1.Cl. The van der Waals surface area contributed by atoms with Crippen LogP contribution in [-0.2, 0) is 24.7 Å². The smallest absolute Gasteiger partial charge is 0.247 e. The topological polar surface area (TPSA) is 71.8 Å². The first-order valence-corrected chi connectivity index (χ1v) is 7.94. The summed E-state index contributed by atoms with van der Waals surface area (Å²) in [5.74, 6) is -0.100. The Kier molecular flexibility index (Phi) is 5.55. The molecule has 0 saturated carbocycles. The Balaban J connectivity index is 0.00000176. The molecule has 0 spiro atoms. The second-order valence-corrected chi connectivity index (χ2v) is 6.34. The summed E-state index contributed by atoms with van der Waals surface area (Å²) in [4.78, 5) is 18.3. The molecule has 0 radical (unpaired) electrons. The van der Waals surface area contributed by atoms with Gasteiger partial charge in [-0.15, -0.1) is 23.7 Å². The molecule has 1 atom stereocenters. The van der Waals surface area contributed by atoms with E-state index < -0.39 is 6.04 Å². The lowest BCUT2D eigenvalue weighted by atomic mass is 10.0. The third kappa shape index (κ3) is 3.48. The largest absolute Gasteiger partial charge is 0.305 e. The molecule has 0 fully saturated rings. The van der Waals surface area contributed by atoms with Gasteiger partial charge in [-0.2, -0.15) is 5.10 Å². The summed E-state index contributed by atoms with van der Waals surface area (Å²) in [5, 5.41) is 10.8. The first kappa shape index (κ1) is 16.9. The Morgan fingerprint density at radius 3 is 2.82 bits per heavy atom. The zero-order chi connectivity index (χ0) is 14.8. The maximum atomic E-state index is 12.4. The number of carbonyl (C=O) groups is 1. The summed E-state index contributed by atoms with van der Waals surface area (Å²) in [6.45, 7) is 0. The van der Waals surface area contributed by atoms with E-state index in [2.05, 4.69) is 20.7 Å². The van der Waals surface area contributed by atoms with E-state index in [0.29, 0.717) is 5.13 Å². The van der Waals surface area contributed by atoms with Gasteiger partial charge in [0.2, 0.25) is 5.91 Å². The van der Waals surface area contributed by atoms with Crippen LogP contribution in [0.25, 0.3) is 0 Å². The van der Waals surface area contributed by atoms with Crippen molar-refractivity contribution in [1.29, 1.82) is 0 Å². The molecular formula is C14H20ClN5OS. The van der Waals surface area contributed by atoms with Crippen LogP contribution >= 0.6 is 23.7 Å². The lowest BCUT2D eigenvalue weighted by Crippen LogP contribution is -2.30. The fourth-order valence-corrected chi connectivity index (χ4v) is 3.67. The number of likely N-dealkylation sites (N-methyl/N-ethyl adjacent to an activating group) is 1. The van der Waals surface area contributed by atoms with Gasteiger partial charge < -0.3 is 10.6 Å². The van der Waals surface area contributed by atoms with Crippen molar-refractivity contribution < 1.29 is 4.79 Å². The van der Waals surface area contributed by atoms with Crippen molar-refractivity contribution >= 4 is 34.8 Å². The number of amides is 1. The van der Waals surface area contributed by atoms with Gasteiger partial charge in [0.05, 0.1) is 11.9 Å². The minimum Gasteiger partial charge on any atom is -0.305 e. The first-order valence-electron chi connectivity index (χ1n) is 7.12. The fraction of sp³-hybridized carbons (Fsp3) is 0.500. The summed E-state index contributed by atoms with van der Waals surface area (Å²) in [7, 11) is 3.60. The lowest BCUT2D eigenvalue weighted by molar-refractivity contribution is -0.118. The number of nitrogens with one attached hydrogen (secondary N) is 2. The van der Waals surface area contributed by atoms with Crippen molar-refractivity contribution in [2.45, 2.75) is 31.7 Å². The van der Waals surface area contributed by atoms with E-state index in [0.717, 1.165) is 24.1 Å². The molecule has 1 amide bonds. The second kappa shape index (κ2) is 7.21. The molecule has 0 bridgehead atoms. The van der Waals surface area contributed by atoms with Crippen LogP contribution in [0.2, 0.25) is 0 Å². The normalized spacial score (nSPS) is 14.8. The second-order valence-electron chi connectivity index (χ2n) is 5.25. The predicted octanol–water partition coefficient (Wildman–Crippen LogP) is 2.08. The molecule has 1 unspecified atom stereocenters. The number of anilines is 1. The van der Waals surface area contributed by atoms with Crippen molar-refractivity contribution in [2.24, 2.45) is 7.05 Å². The molecule has 6 nitrogen and oxygen atoms in total. The first-order chi connectivity index (χ1) is 10.2. The summed E-state index contributed by atoms with van der Waals surface area (Å²) in [6.07, 6.45) is 8.07. The van der Waals surface area contributed by atoms with Crippen LogP contribution in [0.1, 0.15) is 35.0 Å². The Labute approximate surface area is 139 Å². The summed E-state index contributed by atoms with van der Waals surface area (Å²) < 4.78 is 1.69. The van der Waals surface area contributed by atoms with Gasteiger partial charge in [-0.1, -0.05) is 0 Å². The highest BCUT2D eigenvalue weighted by molar-refractivity contribution is 7.15. The number of halogens is 1. The fourth-order valence-electron chi connectivity index (χ4n) is 2.62. The van der Waals surface area contributed by atoms with Crippen LogP contribution in [-0.4, -0.2) is 27.7 Å². The van der Waals surface area contributed by atoms with Gasteiger partial charge in [0, 0.05) is 23.7 Å². The minimum atomic E-state index is -0.417. The Morgan fingerprint density at radius 1 is 1.41 bits per heavy atom. The number of aryl methyl sites for hydroxylation is 3. The predicted molar refractivity (Wildman–Crippen MR) is 89.6 cm³/mol. The maximum Gasteiger partial charge on any atom is 0.247 e. The molecule has 3 rings (SSSR count). The molecule has 2 heterocycles. The Morgan fingerprint density at radius 2 is 2.18 bits per heavy atom. The zero-order valence-electron chi connectivity index (χ0n) is 12.6. The Bertz CT molecular complexity index is 630. The standard InChI is InChI=1S/C14H19N5OS.ClH/c1-15-12(9-7-16-19(2)8-9)13(20)18-14-17-10-5-3-4-6-11(10)21-14;/h7-8,12,15H,3-6H2,1-2H3,(H,17,18,20);1H. The number of nitrogens with zero attached hydrogens (tertiary/aromatic N) is 3. The van der Waals surface area contributed by atoms with E-state index in [9.17, 15) is 4.79 Å². The molecule has 0 aromatic carbocycles. The number of hydrogen-bond acceptors (Lipinski definition) is 5. The van der Waals surface area contributed by atoms with Crippen LogP contribution in [0.4, 0.5) is 5.13 Å². The molecule has 8 heteroatoms. The van der Waals surface area contributed by atoms with Crippen molar-refractivity contribution in [2.75, 3.05) is 12.4 Å². The summed E-state index contributed by atoms with van der Waals surface area (Å²) in [6, 6.07) is -0.417. The number of rotatable bonds is 4. The summed E-state index contributed by atoms with van der Waals surface area (Å²) >= 11 is 1.60. The molecule has 0 saturated heterocycles. The number of thiazole rings is 1. The third-order valence-corrected chi connectivity index (χ3v) is 4.76. The molecule has 1 aliphatic rings. The number of carbonyl (C=O) groups excluding carboxylic acids is 1. The van der Waals surface area contributed by atoms with Crippen molar-refractivity contribution in [1.82, 2.24) is 20.1 Å². The van der Waals surface area contributed by atoms with Gasteiger partial charge in [-0.3, -0.25) is 9.48 Å². The number of aromatic nitrogens is 3. The summed E-state index contributed by atoms with van der Waals surface area (Å²) in [5.41, 5.74) is 2.00. The van der Waals surface area contributed by atoms with Crippen molar-refractivity contribution in [3.05, 3.63) is 28.5 Å². The van der Waals surface area contributed by atoms with Crippen LogP contribution in [0, 0.1) is 0 Å². The quantitative estimate of drug-likeness (QED) is 0.893. The molecule has 120 valence electrons. The zero-order valence-corrected chi connectivity index (χ0v) is 14.3. The van der Waals surface area contributed by atoms with Crippen LogP contribution in [0.3, 0.4) is 0 Å². The molecule has 2 N–H and O–H groups in total. The van der Waals surface area contributed by atoms with E-state index in [1.54, 1.807) is 29.3 Å². The van der Waals surface area contributed by atoms with Gasteiger partial charge in [-0.25, -0.2) is 4.98 Å². The lowest BCUT2D eigenvalue weighted by Gasteiger charge is -2.12. The monoisotopic (exact) mass is 341 g/mol. The highest BCUT2D eigenvalue weighted by atomic mass is 35.5. The Hall–Kier alpha value is -1.44. The molecule has 2 aromatic rings. The van der Waals surface area contributed by atoms with Crippen LogP contribution < -0.4 is 10.6 Å². The number of fused-ring (bicyclic) bond motifs is 1. The maximum absolute atomic E-state index is 12.4. The molecular weight excluding hydrogens is 322 g/mol. The number of hydrogen-bond donors (Lipinski definition) is 2. The van der Waals surface area contributed by atoms with E-state index in [-0.39, 0.29) is 18.3 Å². The van der Waals surface area contributed by atoms with Gasteiger partial charge in [0.25, 0.3) is 0 Å². The van der Waals surface area contributed by atoms with Crippen LogP contribution in [0.15, 0.2) is 12.4 Å². The van der Waals surface area contributed by atoms with Crippen molar-refractivity contribution in [3.63, 3.8) is 0 Å². The van der Waals surface area contributed by atoms with Crippen LogP contribution in [0.5, 0.6) is 0 Å². The van der Waals surface area contributed by atoms with Gasteiger partial charge in [0.1, 0.15) is 6.04 Å². The molecule has 1 aliphatic carbocycles. The minimum absolute atomic E-state index is 0. The van der Waals surface area contributed by atoms with Gasteiger partial charge >= 0.3 is 0 Å².